The van der Waals surface area contributed by atoms with Crippen LogP contribution >= 0.6 is 11.8 Å². The number of H-pyrrole nitrogens is 1. The van der Waals surface area contributed by atoms with Crippen LogP contribution in [-0.2, 0) is 4.79 Å². The number of thioether (sulfide) groups is 1. The van der Waals surface area contributed by atoms with Gasteiger partial charge in [-0.1, -0.05) is 43.2 Å². The van der Waals surface area contributed by atoms with Crippen LogP contribution in [0.2, 0.25) is 0 Å². The summed E-state index contributed by atoms with van der Waals surface area (Å²) in [7, 11) is 0. The highest BCUT2D eigenvalue weighted by atomic mass is 32.2. The Bertz CT molecular complexity index is 699. The van der Waals surface area contributed by atoms with Crippen molar-refractivity contribution in [1.29, 1.82) is 0 Å². The molecule has 24 heavy (non-hydrogen) atoms. The first-order chi connectivity index (χ1) is 11.6. The third kappa shape index (κ3) is 4.14. The van der Waals surface area contributed by atoms with Crippen molar-refractivity contribution in [3.05, 3.63) is 30.1 Å². The van der Waals surface area contributed by atoms with Gasteiger partial charge in [0.15, 0.2) is 5.82 Å². The number of aromatic nitrogens is 3. The number of aromatic amines is 1. The monoisotopic (exact) mass is 348 g/mol. The number of hydrogen-bond donors (Lipinski definition) is 2. The van der Waals surface area contributed by atoms with Crippen LogP contribution in [0, 0.1) is 5.82 Å². The second kappa shape index (κ2) is 7.79. The number of carbonyl (C=O) groups is 1. The van der Waals surface area contributed by atoms with Crippen LogP contribution in [0.15, 0.2) is 29.4 Å². The van der Waals surface area contributed by atoms with Gasteiger partial charge in [0.2, 0.25) is 11.1 Å². The molecule has 1 saturated carbocycles. The van der Waals surface area contributed by atoms with Crippen molar-refractivity contribution < 1.29 is 9.18 Å². The lowest BCUT2D eigenvalue weighted by molar-refractivity contribution is -0.121. The van der Waals surface area contributed by atoms with Crippen molar-refractivity contribution in [2.24, 2.45) is 0 Å². The van der Waals surface area contributed by atoms with Crippen molar-refractivity contribution in [3.63, 3.8) is 0 Å². The Hall–Kier alpha value is -1.89. The SMILES string of the molecule is C[C@@H](Sc1n[nH]c(-c2ccccc2F)n1)C(=O)NC1CCCCC1. The molecule has 1 heterocycles. The summed E-state index contributed by atoms with van der Waals surface area (Å²) in [6.07, 6.45) is 5.73. The van der Waals surface area contributed by atoms with Crippen LogP contribution in [0.4, 0.5) is 4.39 Å². The fraction of sp³-hybridized carbons (Fsp3) is 0.471. The number of nitrogens with one attached hydrogen (secondary N) is 2. The molecule has 0 bridgehead atoms. The van der Waals surface area contributed by atoms with E-state index in [1.807, 2.05) is 6.92 Å². The average Bonchev–Trinajstić information content (AvgIpc) is 3.04. The Balaban J connectivity index is 1.59. The maximum atomic E-state index is 13.8. The number of carbonyl (C=O) groups excluding carboxylic acids is 1. The second-order valence-corrected chi connectivity index (χ2v) is 7.36. The minimum absolute atomic E-state index is 0.00383. The molecule has 7 heteroatoms. The molecule has 1 aliphatic rings. The molecule has 3 rings (SSSR count). The van der Waals surface area contributed by atoms with E-state index in [2.05, 4.69) is 20.5 Å². The quantitative estimate of drug-likeness (QED) is 0.811. The topological polar surface area (TPSA) is 70.7 Å². The van der Waals surface area contributed by atoms with Crippen molar-refractivity contribution in [2.45, 2.75) is 55.5 Å². The Morgan fingerprint density at radius 1 is 1.33 bits per heavy atom. The van der Waals surface area contributed by atoms with Crippen LogP contribution in [0.3, 0.4) is 0 Å². The lowest BCUT2D eigenvalue weighted by Gasteiger charge is -2.24. The van der Waals surface area contributed by atoms with E-state index in [1.165, 1.54) is 37.1 Å². The first kappa shape index (κ1) is 17.0. The highest BCUT2D eigenvalue weighted by Gasteiger charge is 2.22. The molecular weight excluding hydrogens is 327 g/mol. The predicted molar refractivity (Wildman–Crippen MR) is 92.1 cm³/mol. The van der Waals surface area contributed by atoms with Crippen molar-refractivity contribution in [3.8, 4) is 11.4 Å². The van der Waals surface area contributed by atoms with Crippen molar-refractivity contribution >= 4 is 17.7 Å². The lowest BCUT2D eigenvalue weighted by Crippen LogP contribution is -2.40. The van der Waals surface area contributed by atoms with E-state index in [-0.39, 0.29) is 23.0 Å². The molecule has 128 valence electrons. The summed E-state index contributed by atoms with van der Waals surface area (Å²) in [5, 5.41) is 10.1. The molecule has 1 atom stereocenters. The molecule has 0 aliphatic heterocycles. The highest BCUT2D eigenvalue weighted by molar-refractivity contribution is 8.00. The van der Waals surface area contributed by atoms with Crippen LogP contribution < -0.4 is 5.32 Å². The predicted octanol–water partition coefficient (Wildman–Crippen LogP) is 3.54. The Labute approximate surface area is 144 Å². The first-order valence-corrected chi connectivity index (χ1v) is 9.16. The van der Waals surface area contributed by atoms with Gasteiger partial charge in [0, 0.05) is 6.04 Å². The van der Waals surface area contributed by atoms with Gasteiger partial charge < -0.3 is 5.32 Å². The third-order valence-corrected chi connectivity index (χ3v) is 5.16. The number of halogens is 1. The summed E-state index contributed by atoms with van der Waals surface area (Å²) >= 11 is 1.27. The van der Waals surface area contributed by atoms with Gasteiger partial charge in [0.1, 0.15) is 5.82 Å². The minimum Gasteiger partial charge on any atom is -0.352 e. The maximum Gasteiger partial charge on any atom is 0.233 e. The van der Waals surface area contributed by atoms with Gasteiger partial charge in [-0.25, -0.2) is 9.37 Å². The number of amides is 1. The molecule has 0 unspecified atom stereocenters. The molecule has 1 aliphatic carbocycles. The Kier molecular flexibility index (Phi) is 5.50. The van der Waals surface area contributed by atoms with Gasteiger partial charge >= 0.3 is 0 Å². The molecule has 0 saturated heterocycles. The van der Waals surface area contributed by atoms with Gasteiger partial charge in [0.25, 0.3) is 0 Å². The van der Waals surface area contributed by atoms with Crippen LogP contribution in [0.1, 0.15) is 39.0 Å². The fourth-order valence-electron chi connectivity index (χ4n) is 2.85. The molecule has 1 fully saturated rings. The van der Waals surface area contributed by atoms with Gasteiger partial charge in [-0.15, -0.1) is 5.10 Å². The van der Waals surface area contributed by atoms with Gasteiger partial charge in [-0.2, -0.15) is 0 Å². The van der Waals surface area contributed by atoms with Crippen LogP contribution in [0.25, 0.3) is 11.4 Å². The highest BCUT2D eigenvalue weighted by Crippen LogP contribution is 2.25. The van der Waals surface area contributed by atoms with E-state index in [9.17, 15) is 9.18 Å². The normalized spacial score (nSPS) is 16.8. The number of nitrogens with zero attached hydrogens (tertiary/aromatic N) is 2. The van der Waals surface area contributed by atoms with Gasteiger partial charge in [0.05, 0.1) is 10.8 Å². The average molecular weight is 348 g/mol. The maximum absolute atomic E-state index is 13.8. The molecule has 0 spiro atoms. The van der Waals surface area contributed by atoms with Crippen LogP contribution in [-0.4, -0.2) is 32.4 Å². The smallest absolute Gasteiger partial charge is 0.233 e. The number of benzene rings is 1. The first-order valence-electron chi connectivity index (χ1n) is 8.28. The molecule has 1 amide bonds. The molecule has 5 nitrogen and oxygen atoms in total. The molecule has 2 aromatic rings. The summed E-state index contributed by atoms with van der Waals surface area (Å²) in [6, 6.07) is 6.68. The van der Waals surface area contributed by atoms with E-state index in [1.54, 1.807) is 18.2 Å². The standard InChI is InChI=1S/C17H21FN4OS/c1-11(16(23)19-12-7-3-2-4-8-12)24-17-20-15(21-22-17)13-9-5-6-10-14(13)18/h5-6,9-12H,2-4,7-8H2,1H3,(H,19,23)(H,20,21,22)/t11-/m1/s1. The summed E-state index contributed by atoms with van der Waals surface area (Å²) < 4.78 is 13.8. The zero-order valence-corrected chi connectivity index (χ0v) is 14.4. The van der Waals surface area contributed by atoms with Crippen molar-refractivity contribution in [1.82, 2.24) is 20.5 Å². The van der Waals surface area contributed by atoms with E-state index >= 15 is 0 Å². The van der Waals surface area contributed by atoms with E-state index < -0.39 is 0 Å². The van der Waals surface area contributed by atoms with E-state index in [0.717, 1.165) is 12.8 Å². The summed E-state index contributed by atoms with van der Waals surface area (Å²) in [5.41, 5.74) is 0.371. The summed E-state index contributed by atoms with van der Waals surface area (Å²) in [5.74, 6) is 0.0212. The lowest BCUT2D eigenvalue weighted by atomic mass is 9.95. The molecule has 1 aromatic heterocycles. The zero-order chi connectivity index (χ0) is 16.9. The summed E-state index contributed by atoms with van der Waals surface area (Å²) in [4.78, 5) is 16.6. The fourth-order valence-corrected chi connectivity index (χ4v) is 3.58. The Morgan fingerprint density at radius 2 is 2.08 bits per heavy atom. The zero-order valence-electron chi connectivity index (χ0n) is 13.6. The van der Waals surface area contributed by atoms with Gasteiger partial charge in [-0.3, -0.25) is 9.89 Å². The van der Waals surface area contributed by atoms with Crippen molar-refractivity contribution in [2.75, 3.05) is 0 Å². The molecule has 0 radical (unpaired) electrons. The molecular formula is C17H21FN4OS. The number of hydrogen-bond acceptors (Lipinski definition) is 4. The number of rotatable bonds is 5. The largest absolute Gasteiger partial charge is 0.352 e. The molecule has 2 N–H and O–H groups in total. The second-order valence-electron chi connectivity index (χ2n) is 6.05. The molecule has 1 aromatic carbocycles. The van der Waals surface area contributed by atoms with E-state index in [0.29, 0.717) is 16.5 Å². The minimum atomic E-state index is -0.353. The Morgan fingerprint density at radius 3 is 2.83 bits per heavy atom. The van der Waals surface area contributed by atoms with E-state index in [4.69, 9.17) is 0 Å². The third-order valence-electron chi connectivity index (χ3n) is 4.20. The summed E-state index contributed by atoms with van der Waals surface area (Å²) in [6.45, 7) is 1.84. The van der Waals surface area contributed by atoms with Crippen LogP contribution in [0.5, 0.6) is 0 Å². The van der Waals surface area contributed by atoms with Gasteiger partial charge in [-0.05, 0) is 31.9 Å².